The van der Waals surface area contributed by atoms with Crippen LogP contribution >= 0.6 is 0 Å². The third-order valence-electron chi connectivity index (χ3n) is 13.7. The zero-order chi connectivity index (χ0) is 43.6. The molecule has 0 unspecified atom stereocenters. The van der Waals surface area contributed by atoms with Crippen LogP contribution in [-0.4, -0.2) is 122 Å². The zero-order valence-electron chi connectivity index (χ0n) is 36.4. The summed E-state index contributed by atoms with van der Waals surface area (Å²) < 4.78 is 11.6. The topological polar surface area (TPSA) is 153 Å². The fraction of sp³-hybridized carbons (Fsp3) is 0.521. The van der Waals surface area contributed by atoms with Crippen LogP contribution in [0.25, 0.3) is 11.1 Å². The molecule has 0 spiro atoms. The lowest BCUT2D eigenvalue weighted by molar-refractivity contribution is -0.180. The Kier molecular flexibility index (Phi) is 13.6. The fourth-order valence-electron chi connectivity index (χ4n) is 10.1. The Morgan fingerprint density at radius 2 is 1.77 bits per heavy atom. The Balaban J connectivity index is 1.14. The van der Waals surface area contributed by atoms with E-state index in [4.69, 9.17) is 14.3 Å². The number of aliphatic hydroxyl groups is 2. The van der Waals surface area contributed by atoms with E-state index in [-0.39, 0.29) is 48.8 Å². The van der Waals surface area contributed by atoms with Crippen molar-refractivity contribution in [2.45, 2.75) is 83.3 Å². The van der Waals surface area contributed by atoms with Gasteiger partial charge in [0.25, 0.3) is 5.91 Å². The molecule has 5 aliphatic rings. The van der Waals surface area contributed by atoms with E-state index in [0.717, 1.165) is 46.4 Å². The van der Waals surface area contributed by atoms with Crippen LogP contribution < -0.4 is 20.3 Å². The standard InChI is InChI=1S/C48H63N5O8/c1-29-38-24-35(48(38,3)4)25-39(29)49-43(56)26-41-44(30(2)55)42(28-54)61-53(41)27-32-14-11-15-37(45(32)59-7)33-21-34(23-36(22-33)51(5)6)46(57)50-40(20-31-12-9-8-10-13-31)47(58)52-16-18-60-19-17-52/h8-15,21-23,30,35,38-42,44,54-55H,1,16-20,24-28H2,2-7H3,(H,49,56)(H,50,57)/t30-,35+,38-,39-,40+,41+,42-,44+/m0/s1. The Hall–Kier alpha value is -4.79. The molecule has 3 aliphatic carbocycles. The normalized spacial score (nSPS) is 25.6. The summed E-state index contributed by atoms with van der Waals surface area (Å²) in [6.07, 6.45) is 0.790. The number of hydroxylamine groups is 2. The molecule has 3 amide bonds. The maximum atomic E-state index is 14.2. The van der Waals surface area contributed by atoms with Crippen molar-refractivity contribution in [1.29, 1.82) is 0 Å². The first kappa shape index (κ1) is 44.3. The van der Waals surface area contributed by atoms with Gasteiger partial charge in [-0.25, -0.2) is 0 Å². The van der Waals surface area contributed by atoms with E-state index in [1.807, 2.05) is 73.6 Å². The molecule has 61 heavy (non-hydrogen) atoms. The van der Waals surface area contributed by atoms with Crippen LogP contribution in [0.5, 0.6) is 5.75 Å². The number of amides is 3. The highest BCUT2D eigenvalue weighted by Gasteiger charge is 2.55. The first-order valence-electron chi connectivity index (χ1n) is 21.6. The Morgan fingerprint density at radius 3 is 2.41 bits per heavy atom. The monoisotopic (exact) mass is 837 g/mol. The number of aliphatic hydroxyl groups excluding tert-OH is 2. The number of rotatable bonds is 15. The van der Waals surface area contributed by atoms with E-state index >= 15 is 0 Å². The number of morpholine rings is 1. The van der Waals surface area contributed by atoms with Gasteiger partial charge in [0.2, 0.25) is 11.8 Å². The van der Waals surface area contributed by atoms with Crippen LogP contribution in [0.4, 0.5) is 5.69 Å². The van der Waals surface area contributed by atoms with Crippen LogP contribution in [0.1, 0.15) is 61.5 Å². The lowest BCUT2D eigenvalue weighted by Crippen LogP contribution is -2.57. The Morgan fingerprint density at radius 1 is 1.03 bits per heavy atom. The van der Waals surface area contributed by atoms with Crippen LogP contribution in [0.3, 0.4) is 0 Å². The number of hydrogen-bond donors (Lipinski definition) is 4. The molecule has 0 radical (unpaired) electrons. The van der Waals surface area contributed by atoms with Crippen molar-refractivity contribution in [3.05, 3.63) is 95.6 Å². The van der Waals surface area contributed by atoms with Crippen molar-refractivity contribution in [3.8, 4) is 16.9 Å². The van der Waals surface area contributed by atoms with Gasteiger partial charge in [0.15, 0.2) is 0 Å². The predicted molar refractivity (Wildman–Crippen MR) is 234 cm³/mol. The van der Waals surface area contributed by atoms with Crippen LogP contribution in [-0.2, 0) is 32.1 Å². The SMILES string of the molecule is C=C1[C@@H](NC(=O)C[C@@H]2[C@@H]([C@H](C)O)[C@H](CO)ON2Cc2cccc(-c3cc(C(=O)N[C@H](Cc4ccccc4)C(=O)N4CCOCC4)cc(N(C)C)c3)c2OC)C[C@H]2C[C@@H]1C2(C)C. The van der Waals surface area contributed by atoms with Crippen LogP contribution in [0.15, 0.2) is 78.9 Å². The van der Waals surface area contributed by atoms with Gasteiger partial charge >= 0.3 is 0 Å². The van der Waals surface area contributed by atoms with Gasteiger partial charge in [-0.15, -0.1) is 0 Å². The lowest BCUT2D eigenvalue weighted by Gasteiger charge is -2.60. The molecule has 5 fully saturated rings. The van der Waals surface area contributed by atoms with E-state index in [1.165, 1.54) is 0 Å². The second-order valence-corrected chi connectivity index (χ2v) is 18.0. The van der Waals surface area contributed by atoms with Crippen molar-refractivity contribution in [2.75, 3.05) is 59.0 Å². The van der Waals surface area contributed by atoms with Crippen molar-refractivity contribution in [3.63, 3.8) is 0 Å². The number of nitrogens with zero attached hydrogens (tertiary/aromatic N) is 3. The molecule has 3 saturated carbocycles. The van der Waals surface area contributed by atoms with Crippen molar-refractivity contribution >= 4 is 23.4 Å². The highest BCUT2D eigenvalue weighted by Crippen LogP contribution is 2.60. The molecule has 328 valence electrons. The van der Waals surface area contributed by atoms with Gasteiger partial charge in [0.05, 0.1) is 51.7 Å². The number of para-hydroxylation sites is 1. The molecular weight excluding hydrogens is 775 g/mol. The molecule has 2 bridgehead atoms. The minimum atomic E-state index is -0.860. The molecule has 2 heterocycles. The highest BCUT2D eigenvalue weighted by molar-refractivity contribution is 6.00. The fourth-order valence-corrected chi connectivity index (χ4v) is 10.1. The largest absolute Gasteiger partial charge is 0.496 e. The summed E-state index contributed by atoms with van der Waals surface area (Å²) in [7, 11) is 5.39. The van der Waals surface area contributed by atoms with Gasteiger partial charge in [0.1, 0.15) is 17.9 Å². The zero-order valence-corrected chi connectivity index (χ0v) is 36.4. The number of carbonyl (C=O) groups is 3. The minimum absolute atomic E-state index is 0.0548. The number of ether oxygens (including phenoxy) is 2. The van der Waals surface area contributed by atoms with Crippen LogP contribution in [0.2, 0.25) is 0 Å². The summed E-state index contributed by atoms with van der Waals surface area (Å²) in [6, 6.07) is 19.6. The number of anilines is 1. The summed E-state index contributed by atoms with van der Waals surface area (Å²) in [6.45, 7) is 12.3. The van der Waals surface area contributed by atoms with Crippen molar-refractivity contribution in [2.24, 2.45) is 23.2 Å². The molecular formula is C48H63N5O8. The van der Waals surface area contributed by atoms with Crippen LogP contribution in [0, 0.1) is 23.2 Å². The van der Waals surface area contributed by atoms with E-state index in [2.05, 4.69) is 31.1 Å². The van der Waals surface area contributed by atoms with E-state index in [9.17, 15) is 24.6 Å². The van der Waals surface area contributed by atoms with Gasteiger partial charge in [-0.1, -0.05) is 74.5 Å². The molecule has 4 N–H and O–H groups in total. The molecule has 13 heteroatoms. The van der Waals surface area contributed by atoms with Gasteiger partial charge in [-0.05, 0) is 66.3 Å². The molecule has 0 aromatic heterocycles. The van der Waals surface area contributed by atoms with Gasteiger partial charge < -0.3 is 40.1 Å². The highest BCUT2D eigenvalue weighted by atomic mass is 16.7. The molecule has 2 aliphatic heterocycles. The van der Waals surface area contributed by atoms with E-state index < -0.39 is 30.2 Å². The summed E-state index contributed by atoms with van der Waals surface area (Å²) in [4.78, 5) is 51.9. The van der Waals surface area contributed by atoms with E-state index in [0.29, 0.717) is 55.9 Å². The molecule has 3 aromatic carbocycles. The first-order chi connectivity index (χ1) is 29.2. The first-order valence-corrected chi connectivity index (χ1v) is 21.6. The second kappa shape index (κ2) is 18.7. The average molecular weight is 838 g/mol. The second-order valence-electron chi connectivity index (χ2n) is 18.0. The number of benzene rings is 3. The molecule has 13 nitrogen and oxygen atoms in total. The molecule has 8 rings (SSSR count). The van der Waals surface area contributed by atoms with Crippen molar-refractivity contribution in [1.82, 2.24) is 20.6 Å². The number of hydrogen-bond acceptors (Lipinski definition) is 10. The van der Waals surface area contributed by atoms with Gasteiger partial charge in [0, 0.05) is 68.3 Å². The van der Waals surface area contributed by atoms with Gasteiger partial charge in [-0.3, -0.25) is 19.2 Å². The maximum absolute atomic E-state index is 14.2. The molecule has 8 atom stereocenters. The third-order valence-corrected chi connectivity index (χ3v) is 13.7. The Bertz CT molecular complexity index is 2070. The number of carbonyl (C=O) groups excluding carboxylic acids is 3. The maximum Gasteiger partial charge on any atom is 0.252 e. The number of methoxy groups -OCH3 is 1. The van der Waals surface area contributed by atoms with Gasteiger partial charge in [-0.2, -0.15) is 5.06 Å². The lowest BCUT2D eigenvalue weighted by atomic mass is 9.46. The quantitative estimate of drug-likeness (QED) is 0.160. The molecule has 3 aromatic rings. The molecule has 2 saturated heterocycles. The predicted octanol–water partition coefficient (Wildman–Crippen LogP) is 4.60. The third kappa shape index (κ3) is 9.36. The average Bonchev–Trinajstić information content (AvgIpc) is 3.60. The summed E-state index contributed by atoms with van der Waals surface area (Å²) in [5.74, 6) is 0.238. The smallest absolute Gasteiger partial charge is 0.252 e. The summed E-state index contributed by atoms with van der Waals surface area (Å²) >= 11 is 0. The van der Waals surface area contributed by atoms with Crippen molar-refractivity contribution < 1.29 is 38.9 Å². The summed E-state index contributed by atoms with van der Waals surface area (Å²) in [5.41, 5.74) is 5.55. The minimum Gasteiger partial charge on any atom is -0.496 e. The number of fused-ring (bicyclic) bond motifs is 2. The van der Waals surface area contributed by atoms with E-state index in [1.54, 1.807) is 36.1 Å². The summed E-state index contributed by atoms with van der Waals surface area (Å²) in [5, 5.41) is 29.4. The number of nitrogens with one attached hydrogen (secondary N) is 2. The Labute approximate surface area is 360 Å².